The van der Waals surface area contributed by atoms with Crippen LogP contribution in [0, 0.1) is 0 Å². The summed E-state index contributed by atoms with van der Waals surface area (Å²) in [6.45, 7) is 6.24. The first-order valence-corrected chi connectivity index (χ1v) is 5.02. The molecule has 0 spiro atoms. The Bertz CT molecular complexity index is 417. The van der Waals surface area contributed by atoms with Crippen LogP contribution in [0.2, 0.25) is 0 Å². The van der Waals surface area contributed by atoms with Gasteiger partial charge in [0.2, 0.25) is 0 Å². The summed E-state index contributed by atoms with van der Waals surface area (Å²) in [7, 11) is 0. The number of halogens is 1. The Morgan fingerprint density at radius 1 is 1.77 bits per heavy atom. The second-order valence-corrected chi connectivity index (χ2v) is 3.81. The fraction of sp³-hybridized carbons (Fsp3) is 0.222. The van der Waals surface area contributed by atoms with Crippen molar-refractivity contribution in [3.8, 4) is 0 Å². The van der Waals surface area contributed by atoms with Crippen LogP contribution in [0.25, 0.3) is 12.7 Å². The first-order chi connectivity index (χ1) is 6.17. The monoisotopic (exact) mass is 289 g/mol. The number of hydrogen-bond acceptors (Lipinski definition) is 2. The van der Waals surface area contributed by atoms with Crippen LogP contribution >= 0.6 is 22.6 Å². The SMILES string of the molecule is C=c1[nH]c(CN)n/c1=C/C(I)=C\C. The molecule has 3 nitrogen and oxygen atoms in total. The summed E-state index contributed by atoms with van der Waals surface area (Å²) in [4.78, 5) is 7.29. The summed E-state index contributed by atoms with van der Waals surface area (Å²) in [5.41, 5.74) is 5.44. The lowest BCUT2D eigenvalue weighted by Gasteiger charge is -1.82. The molecule has 0 unspecified atom stereocenters. The van der Waals surface area contributed by atoms with E-state index in [1.165, 1.54) is 0 Å². The van der Waals surface area contributed by atoms with Gasteiger partial charge in [-0.05, 0) is 35.6 Å². The maximum absolute atomic E-state index is 5.44. The highest BCUT2D eigenvalue weighted by Crippen LogP contribution is 2.04. The average Bonchev–Trinajstić information content (AvgIpc) is 2.47. The lowest BCUT2D eigenvalue weighted by Crippen LogP contribution is -2.22. The molecule has 1 aromatic rings. The van der Waals surface area contributed by atoms with Crippen molar-refractivity contribution in [3.05, 3.63) is 26.2 Å². The van der Waals surface area contributed by atoms with Crippen LogP contribution in [0.4, 0.5) is 0 Å². The number of H-pyrrole nitrogens is 1. The highest BCUT2D eigenvalue weighted by atomic mass is 127. The number of hydrogen-bond donors (Lipinski definition) is 2. The van der Waals surface area contributed by atoms with Crippen LogP contribution in [0.5, 0.6) is 0 Å². The molecule has 1 heterocycles. The van der Waals surface area contributed by atoms with Gasteiger partial charge in [0, 0.05) is 3.58 Å². The topological polar surface area (TPSA) is 54.7 Å². The molecule has 3 N–H and O–H groups in total. The second kappa shape index (κ2) is 4.57. The molecule has 0 amide bonds. The van der Waals surface area contributed by atoms with Crippen LogP contribution < -0.4 is 16.4 Å². The molecular weight excluding hydrogens is 277 g/mol. The smallest absolute Gasteiger partial charge is 0.121 e. The molecule has 70 valence electrons. The van der Waals surface area contributed by atoms with Crippen LogP contribution in [0.1, 0.15) is 12.7 Å². The van der Waals surface area contributed by atoms with Crippen LogP contribution in [-0.2, 0) is 6.54 Å². The normalized spacial score (nSPS) is 13.8. The van der Waals surface area contributed by atoms with Gasteiger partial charge in [0.05, 0.1) is 17.2 Å². The molecule has 0 aromatic carbocycles. The zero-order valence-corrected chi connectivity index (χ0v) is 9.63. The maximum atomic E-state index is 5.44. The average molecular weight is 289 g/mol. The van der Waals surface area contributed by atoms with Gasteiger partial charge < -0.3 is 10.7 Å². The molecule has 0 saturated carbocycles. The van der Waals surface area contributed by atoms with Gasteiger partial charge in [-0.25, -0.2) is 4.98 Å². The molecule has 1 rings (SSSR count). The van der Waals surface area contributed by atoms with E-state index in [0.29, 0.717) is 6.54 Å². The van der Waals surface area contributed by atoms with Crippen LogP contribution in [-0.4, -0.2) is 9.97 Å². The lowest BCUT2D eigenvalue weighted by molar-refractivity contribution is 0.943. The predicted octanol–water partition coefficient (Wildman–Crippen LogP) is 0.398. The molecule has 0 saturated heterocycles. The molecular formula is C9H12IN3. The number of imidazole rings is 1. The number of allylic oxidation sites excluding steroid dienone is 2. The van der Waals surface area contributed by atoms with E-state index in [2.05, 4.69) is 39.1 Å². The Morgan fingerprint density at radius 3 is 2.92 bits per heavy atom. The van der Waals surface area contributed by atoms with E-state index >= 15 is 0 Å². The third kappa shape index (κ3) is 2.67. The van der Waals surface area contributed by atoms with E-state index in [9.17, 15) is 0 Å². The molecule has 0 bridgehead atoms. The van der Waals surface area contributed by atoms with Crippen LogP contribution in [0.3, 0.4) is 0 Å². The largest absolute Gasteiger partial charge is 0.341 e. The second-order valence-electron chi connectivity index (χ2n) is 2.57. The van der Waals surface area contributed by atoms with Gasteiger partial charge in [-0.15, -0.1) is 0 Å². The molecule has 0 aliphatic carbocycles. The van der Waals surface area contributed by atoms with Crippen molar-refractivity contribution < 1.29 is 0 Å². The van der Waals surface area contributed by atoms with E-state index in [4.69, 9.17) is 5.73 Å². The third-order valence-electron chi connectivity index (χ3n) is 1.60. The summed E-state index contributed by atoms with van der Waals surface area (Å²) in [5.74, 6) is 0.775. The Morgan fingerprint density at radius 2 is 2.46 bits per heavy atom. The van der Waals surface area contributed by atoms with Gasteiger partial charge in [0.1, 0.15) is 5.82 Å². The third-order valence-corrected chi connectivity index (χ3v) is 2.54. The fourth-order valence-electron chi connectivity index (χ4n) is 0.909. The first-order valence-electron chi connectivity index (χ1n) is 3.94. The summed E-state index contributed by atoms with van der Waals surface area (Å²) < 4.78 is 1.14. The Balaban J connectivity index is 3.22. The van der Waals surface area contributed by atoms with Crippen molar-refractivity contribution in [3.63, 3.8) is 0 Å². The van der Waals surface area contributed by atoms with Crippen molar-refractivity contribution >= 4 is 35.2 Å². The fourth-order valence-corrected chi connectivity index (χ4v) is 1.20. The predicted molar refractivity (Wildman–Crippen MR) is 63.5 cm³/mol. The molecule has 0 fully saturated rings. The number of nitrogens with one attached hydrogen (secondary N) is 1. The zero-order valence-electron chi connectivity index (χ0n) is 7.47. The first kappa shape index (κ1) is 10.5. The number of nitrogens with two attached hydrogens (primary N) is 1. The van der Waals surface area contributed by atoms with Crippen molar-refractivity contribution in [2.75, 3.05) is 0 Å². The van der Waals surface area contributed by atoms with Crippen molar-refractivity contribution in [2.24, 2.45) is 5.73 Å². The minimum Gasteiger partial charge on any atom is -0.341 e. The number of rotatable bonds is 2. The van der Waals surface area contributed by atoms with Gasteiger partial charge in [-0.1, -0.05) is 12.7 Å². The minimum atomic E-state index is 0.419. The molecule has 13 heavy (non-hydrogen) atoms. The number of nitrogens with zero attached hydrogens (tertiary/aromatic N) is 1. The number of aromatic nitrogens is 2. The highest BCUT2D eigenvalue weighted by molar-refractivity contribution is 14.1. The lowest BCUT2D eigenvalue weighted by atomic mass is 10.4. The molecule has 4 heteroatoms. The van der Waals surface area contributed by atoms with Gasteiger partial charge in [-0.3, -0.25) is 0 Å². The summed E-state index contributed by atoms with van der Waals surface area (Å²) in [6.07, 6.45) is 3.98. The molecule has 0 atom stereocenters. The van der Waals surface area contributed by atoms with E-state index in [1.54, 1.807) is 0 Å². The summed E-state index contributed by atoms with van der Waals surface area (Å²) >= 11 is 2.24. The van der Waals surface area contributed by atoms with Gasteiger partial charge in [-0.2, -0.15) is 0 Å². The standard InChI is InChI=1S/C9H12IN3/c1-3-7(10)4-8-6(2)12-9(5-11)13-8/h3-4H,2,5,11H2,1H3,(H,12,13)/b7-3+,8-4+. The highest BCUT2D eigenvalue weighted by Gasteiger charge is 1.94. The Hall–Kier alpha value is -0.620. The zero-order chi connectivity index (χ0) is 9.84. The molecule has 0 aliphatic rings. The quantitative estimate of drug-likeness (QED) is 0.774. The van der Waals surface area contributed by atoms with E-state index in [0.717, 1.165) is 20.1 Å². The Labute approximate surface area is 90.6 Å². The van der Waals surface area contributed by atoms with Gasteiger partial charge >= 0.3 is 0 Å². The summed E-state index contributed by atoms with van der Waals surface area (Å²) in [5, 5.41) is 1.68. The van der Waals surface area contributed by atoms with Crippen molar-refractivity contribution in [1.29, 1.82) is 0 Å². The number of aromatic amines is 1. The molecule has 0 radical (unpaired) electrons. The summed E-state index contributed by atoms with van der Waals surface area (Å²) in [6, 6.07) is 0. The van der Waals surface area contributed by atoms with E-state index < -0.39 is 0 Å². The molecule has 0 aliphatic heterocycles. The van der Waals surface area contributed by atoms with E-state index in [1.807, 2.05) is 19.1 Å². The molecule has 1 aromatic heterocycles. The van der Waals surface area contributed by atoms with Crippen LogP contribution in [0.15, 0.2) is 9.66 Å². The van der Waals surface area contributed by atoms with Gasteiger partial charge in [0.25, 0.3) is 0 Å². The maximum Gasteiger partial charge on any atom is 0.121 e. The minimum absolute atomic E-state index is 0.419. The van der Waals surface area contributed by atoms with E-state index in [-0.39, 0.29) is 0 Å². The Kier molecular flexibility index (Phi) is 3.68. The van der Waals surface area contributed by atoms with Crippen molar-refractivity contribution in [1.82, 2.24) is 9.97 Å². The van der Waals surface area contributed by atoms with Gasteiger partial charge in [0.15, 0.2) is 0 Å². The van der Waals surface area contributed by atoms with Crippen molar-refractivity contribution in [2.45, 2.75) is 13.5 Å².